The topological polar surface area (TPSA) is 0 Å². The van der Waals surface area contributed by atoms with Gasteiger partial charge in [0.1, 0.15) is 0 Å². The van der Waals surface area contributed by atoms with Gasteiger partial charge in [-0.25, -0.2) is 5.57 Å². The molecule has 1 aliphatic carbocycles. The molecule has 2 aromatic carbocycles. The molecule has 0 fully saturated rings. The van der Waals surface area contributed by atoms with Gasteiger partial charge in [-0.3, -0.25) is 6.08 Å². The molecular formula is C21H26Cl2Zr. The van der Waals surface area contributed by atoms with Crippen molar-refractivity contribution in [3.63, 3.8) is 0 Å². The molecule has 0 aliphatic heterocycles. The molecule has 0 nitrogen and oxygen atoms in total. The van der Waals surface area contributed by atoms with Gasteiger partial charge in [-0.05, 0) is 6.42 Å². The van der Waals surface area contributed by atoms with Crippen LogP contribution in [0.2, 0.25) is 0 Å². The summed E-state index contributed by atoms with van der Waals surface area (Å²) >= 11 is 0. The number of halogens is 2. The minimum absolute atomic E-state index is 0. The number of allylic oxidation sites excluding steroid dienone is 4. The molecule has 0 N–H and O–H groups in total. The van der Waals surface area contributed by atoms with Gasteiger partial charge in [0, 0.05) is 0 Å². The zero-order chi connectivity index (χ0) is 15.6. The zero-order valence-corrected chi connectivity index (χ0v) is 19.4. The van der Waals surface area contributed by atoms with Gasteiger partial charge >= 0.3 is 26.2 Å². The second-order valence-electron chi connectivity index (χ2n) is 6.47. The molecule has 0 spiro atoms. The van der Waals surface area contributed by atoms with Crippen molar-refractivity contribution < 1.29 is 51.0 Å². The number of benzene rings is 1. The molecule has 0 bridgehead atoms. The molecule has 24 heavy (non-hydrogen) atoms. The Kier molecular flexibility index (Phi) is 11.6. The third kappa shape index (κ3) is 5.94. The van der Waals surface area contributed by atoms with Crippen LogP contribution in [0, 0.1) is 11.5 Å². The number of fused-ring (bicyclic) bond motifs is 1. The van der Waals surface area contributed by atoms with E-state index >= 15 is 0 Å². The Labute approximate surface area is 179 Å². The summed E-state index contributed by atoms with van der Waals surface area (Å²) < 4.78 is 0. The van der Waals surface area contributed by atoms with E-state index in [2.05, 4.69) is 84.0 Å². The van der Waals surface area contributed by atoms with Crippen LogP contribution in [0.4, 0.5) is 0 Å². The average molecular weight is 441 g/mol. The summed E-state index contributed by atoms with van der Waals surface area (Å²) in [5, 5.41) is 2.73. The smallest absolute Gasteiger partial charge is 1.00 e. The van der Waals surface area contributed by atoms with E-state index in [0.29, 0.717) is 0 Å². The Bertz CT molecular complexity index is 672. The molecule has 2 aromatic rings. The summed E-state index contributed by atoms with van der Waals surface area (Å²) in [6, 6.07) is 13.0. The monoisotopic (exact) mass is 438 g/mol. The molecule has 1 aliphatic rings. The van der Waals surface area contributed by atoms with Crippen LogP contribution in [0.3, 0.4) is 0 Å². The van der Waals surface area contributed by atoms with Crippen LogP contribution in [0.5, 0.6) is 0 Å². The minimum Gasteiger partial charge on any atom is -1.00 e. The molecule has 0 amide bonds. The van der Waals surface area contributed by atoms with Crippen molar-refractivity contribution in [3.8, 4) is 0 Å². The van der Waals surface area contributed by atoms with E-state index in [9.17, 15) is 0 Å². The van der Waals surface area contributed by atoms with Gasteiger partial charge in [-0.1, -0.05) is 46.1 Å². The molecule has 0 atom stereocenters. The fourth-order valence-electron chi connectivity index (χ4n) is 2.83. The minimum atomic E-state index is 0. The summed E-state index contributed by atoms with van der Waals surface area (Å²) in [6.07, 6.45) is 4.57. The first-order valence-corrected chi connectivity index (χ1v) is 7.79. The van der Waals surface area contributed by atoms with Crippen LogP contribution < -0.4 is 24.8 Å². The molecule has 0 saturated heterocycles. The normalized spacial score (nSPS) is 14.7. The summed E-state index contributed by atoms with van der Waals surface area (Å²) in [7, 11) is 0. The van der Waals surface area contributed by atoms with Gasteiger partial charge in [0.2, 0.25) is 0 Å². The molecule has 3 rings (SSSR count). The third-order valence-corrected chi connectivity index (χ3v) is 4.65. The Hall–Kier alpha value is -0.227. The Balaban J connectivity index is 0. The van der Waals surface area contributed by atoms with Crippen LogP contribution in [-0.4, -0.2) is 0 Å². The van der Waals surface area contributed by atoms with E-state index in [1.165, 1.54) is 33.1 Å². The predicted octanol–water partition coefficient (Wildman–Crippen LogP) is 0.239. The Morgan fingerprint density at radius 2 is 1.62 bits per heavy atom. The van der Waals surface area contributed by atoms with Gasteiger partial charge in [0.25, 0.3) is 0 Å². The van der Waals surface area contributed by atoms with E-state index in [1.54, 1.807) is 0 Å². The predicted molar refractivity (Wildman–Crippen MR) is 93.5 cm³/mol. The fourth-order valence-corrected chi connectivity index (χ4v) is 2.83. The van der Waals surface area contributed by atoms with Crippen molar-refractivity contribution in [2.45, 2.75) is 48.0 Å². The van der Waals surface area contributed by atoms with Gasteiger partial charge in [0.05, 0.1) is 0 Å². The molecule has 0 heterocycles. The zero-order valence-electron chi connectivity index (χ0n) is 15.4. The number of rotatable bonds is 1. The van der Waals surface area contributed by atoms with Crippen LogP contribution >= 0.6 is 0 Å². The van der Waals surface area contributed by atoms with Crippen molar-refractivity contribution >= 4 is 10.8 Å². The van der Waals surface area contributed by atoms with Gasteiger partial charge in [-0.2, -0.15) is 17.2 Å². The van der Waals surface area contributed by atoms with E-state index in [1.807, 2.05) is 0 Å². The van der Waals surface area contributed by atoms with Crippen molar-refractivity contribution in [2.75, 3.05) is 0 Å². The summed E-state index contributed by atoms with van der Waals surface area (Å²) in [5.41, 5.74) is 5.83. The second kappa shape index (κ2) is 10.7. The number of hydrogen-bond acceptors (Lipinski definition) is 0. The van der Waals surface area contributed by atoms with Crippen LogP contribution in [0.25, 0.3) is 10.8 Å². The van der Waals surface area contributed by atoms with Crippen molar-refractivity contribution in [2.24, 2.45) is 5.41 Å². The number of aryl methyl sites for hydroxylation is 1. The van der Waals surface area contributed by atoms with Crippen LogP contribution in [0.15, 0.2) is 53.1 Å². The summed E-state index contributed by atoms with van der Waals surface area (Å²) in [5.74, 6) is 0. The molecule has 0 saturated carbocycles. The van der Waals surface area contributed by atoms with Gasteiger partial charge in [-0.15, -0.1) is 47.5 Å². The Morgan fingerprint density at radius 1 is 1.04 bits per heavy atom. The first-order chi connectivity index (χ1) is 9.85. The van der Waals surface area contributed by atoms with E-state index < -0.39 is 0 Å². The maximum Gasteiger partial charge on any atom is 4.00 e. The summed E-state index contributed by atoms with van der Waals surface area (Å²) in [6.45, 7) is 13.1. The third-order valence-electron chi connectivity index (χ3n) is 4.65. The quantitative estimate of drug-likeness (QED) is 0.558. The van der Waals surface area contributed by atoms with Crippen molar-refractivity contribution in [3.05, 3.63) is 64.8 Å². The van der Waals surface area contributed by atoms with Crippen molar-refractivity contribution in [1.29, 1.82) is 0 Å². The van der Waals surface area contributed by atoms with Crippen LogP contribution in [-0.2, 0) is 32.6 Å². The molecule has 0 aromatic heterocycles. The average Bonchev–Trinajstić information content (AvgIpc) is 2.95. The summed E-state index contributed by atoms with van der Waals surface area (Å²) in [4.78, 5) is 0. The Morgan fingerprint density at radius 3 is 2.00 bits per heavy atom. The molecule has 0 unspecified atom stereocenters. The van der Waals surface area contributed by atoms with Gasteiger partial charge in [0.15, 0.2) is 0 Å². The largest absolute Gasteiger partial charge is 4.00 e. The van der Waals surface area contributed by atoms with E-state index in [4.69, 9.17) is 0 Å². The SMILES string of the molecule is CC1=[C-]C(C)(C)C(C)=C1C.CCc1cc2ccccc2[cH-]1.[Cl-].[Cl-].[Zr+4]. The number of hydrogen-bond donors (Lipinski definition) is 0. The molecule has 128 valence electrons. The first kappa shape index (κ1) is 26.0. The molecule has 0 radical (unpaired) electrons. The fraction of sp³-hybridized carbons (Fsp3) is 0.381. The first-order valence-electron chi connectivity index (χ1n) is 7.79. The molecular weight excluding hydrogens is 414 g/mol. The van der Waals surface area contributed by atoms with Gasteiger partial charge < -0.3 is 24.8 Å². The molecule has 3 heteroatoms. The van der Waals surface area contributed by atoms with Crippen molar-refractivity contribution in [1.82, 2.24) is 0 Å². The maximum absolute atomic E-state index is 3.44. The van der Waals surface area contributed by atoms with E-state index in [0.717, 1.165) is 6.42 Å². The maximum atomic E-state index is 3.44. The van der Waals surface area contributed by atoms with E-state index in [-0.39, 0.29) is 56.4 Å². The standard InChI is InChI=1S/C11H11.C10H15.2ClH.Zr/c1-2-9-7-10-5-3-4-6-11(10)8-9;1-7-6-10(4,5)9(3)8(7)2;;;/h3-8H,2H2,1H3;1-5H3;2*1H;/q2*-1;;;+4/p-2. The van der Waals surface area contributed by atoms with Crippen LogP contribution in [0.1, 0.15) is 47.1 Å². The second-order valence-corrected chi connectivity index (χ2v) is 6.47.